The monoisotopic (exact) mass is 384 g/mol. The van der Waals surface area contributed by atoms with Gasteiger partial charge < -0.3 is 0 Å². The zero-order valence-corrected chi connectivity index (χ0v) is 15.2. The maximum Gasteiger partial charge on any atom is 0.163 e. The Labute approximate surface area is 151 Å². The average Bonchev–Trinajstić information content (AvgIpc) is 2.62. The third-order valence-corrected chi connectivity index (χ3v) is 5.42. The molecule has 1 aliphatic carbocycles. The van der Waals surface area contributed by atoms with Gasteiger partial charge in [-0.15, -0.1) is 0 Å². The predicted molar refractivity (Wildman–Crippen MR) is 99.2 cm³/mol. The van der Waals surface area contributed by atoms with Crippen LogP contribution in [0.4, 0.5) is 0 Å². The molecule has 2 aromatic carbocycles. The number of rotatable bonds is 5. The van der Waals surface area contributed by atoms with Crippen molar-refractivity contribution in [2.24, 2.45) is 5.92 Å². The fraction of sp³-hybridized carbons (Fsp3) is 0.333. The summed E-state index contributed by atoms with van der Waals surface area (Å²) in [5.74, 6) is 0.364. The maximum absolute atomic E-state index is 12.7. The summed E-state index contributed by atoms with van der Waals surface area (Å²) in [6, 6.07) is 17.4. The van der Waals surface area contributed by atoms with E-state index in [1.165, 1.54) is 0 Å². The van der Waals surface area contributed by atoms with Crippen molar-refractivity contribution in [3.8, 4) is 0 Å². The minimum Gasteiger partial charge on any atom is -0.299 e. The molecule has 24 heavy (non-hydrogen) atoms. The molecule has 0 bridgehead atoms. The summed E-state index contributed by atoms with van der Waals surface area (Å²) >= 11 is 3.46. The van der Waals surface area contributed by atoms with Crippen molar-refractivity contribution in [1.29, 1.82) is 0 Å². The Kier molecular flexibility index (Phi) is 5.62. The topological polar surface area (TPSA) is 34.1 Å². The minimum absolute atomic E-state index is 0.0291. The van der Waals surface area contributed by atoms with Gasteiger partial charge in [0.25, 0.3) is 0 Å². The lowest BCUT2D eigenvalue weighted by Gasteiger charge is -2.29. The molecule has 0 unspecified atom stereocenters. The molecule has 1 aliphatic rings. The van der Waals surface area contributed by atoms with Gasteiger partial charge in [0.15, 0.2) is 5.78 Å². The molecule has 0 aliphatic heterocycles. The van der Waals surface area contributed by atoms with Crippen LogP contribution in [-0.4, -0.2) is 11.6 Å². The van der Waals surface area contributed by atoms with E-state index < -0.39 is 0 Å². The molecule has 2 atom stereocenters. The second-order valence-electron chi connectivity index (χ2n) is 6.47. The Morgan fingerprint density at radius 3 is 2.42 bits per heavy atom. The van der Waals surface area contributed by atoms with Crippen LogP contribution in [0.3, 0.4) is 0 Å². The number of carbonyl (C=O) groups excluding carboxylic acids is 2. The summed E-state index contributed by atoms with van der Waals surface area (Å²) in [7, 11) is 0. The Morgan fingerprint density at radius 1 is 1.04 bits per heavy atom. The molecule has 3 heteroatoms. The van der Waals surface area contributed by atoms with Crippen LogP contribution in [0.15, 0.2) is 59.1 Å². The van der Waals surface area contributed by atoms with E-state index in [2.05, 4.69) is 15.9 Å². The molecule has 124 valence electrons. The molecule has 0 N–H and O–H groups in total. The first kappa shape index (κ1) is 17.1. The number of ketones is 2. The zero-order chi connectivity index (χ0) is 16.9. The highest BCUT2D eigenvalue weighted by molar-refractivity contribution is 9.10. The molecule has 1 fully saturated rings. The fourth-order valence-corrected chi connectivity index (χ4v) is 3.84. The van der Waals surface area contributed by atoms with Crippen molar-refractivity contribution in [3.63, 3.8) is 0 Å². The van der Waals surface area contributed by atoms with Crippen LogP contribution in [0, 0.1) is 5.92 Å². The molecule has 0 spiro atoms. The molecule has 0 radical (unpaired) electrons. The first-order valence-corrected chi connectivity index (χ1v) is 9.31. The lowest BCUT2D eigenvalue weighted by atomic mass is 9.73. The second-order valence-corrected chi connectivity index (χ2v) is 7.39. The van der Waals surface area contributed by atoms with Gasteiger partial charge in [-0.3, -0.25) is 9.59 Å². The van der Waals surface area contributed by atoms with E-state index in [0.29, 0.717) is 18.6 Å². The maximum atomic E-state index is 12.7. The Morgan fingerprint density at radius 2 is 1.75 bits per heavy atom. The third kappa shape index (κ3) is 4.02. The molecular formula is C21H21BrO2. The second kappa shape index (κ2) is 7.89. The van der Waals surface area contributed by atoms with E-state index in [0.717, 1.165) is 34.9 Å². The number of hydrogen-bond donors (Lipinski definition) is 0. The van der Waals surface area contributed by atoms with Crippen molar-refractivity contribution < 1.29 is 9.59 Å². The number of halogens is 1. The van der Waals surface area contributed by atoms with Gasteiger partial charge in [-0.25, -0.2) is 0 Å². The number of benzene rings is 2. The van der Waals surface area contributed by atoms with E-state index >= 15 is 0 Å². The van der Waals surface area contributed by atoms with E-state index in [-0.39, 0.29) is 17.6 Å². The largest absolute Gasteiger partial charge is 0.299 e. The summed E-state index contributed by atoms with van der Waals surface area (Å²) in [6.45, 7) is 0. The molecule has 0 aromatic heterocycles. The molecule has 2 nitrogen and oxygen atoms in total. The molecule has 0 heterocycles. The van der Waals surface area contributed by atoms with E-state index in [1.807, 2.05) is 54.6 Å². The predicted octanol–water partition coefficient (Wildman–Crippen LogP) is 5.57. The molecule has 1 saturated carbocycles. The highest BCUT2D eigenvalue weighted by Crippen LogP contribution is 2.37. The lowest BCUT2D eigenvalue weighted by molar-refractivity contribution is -0.125. The van der Waals surface area contributed by atoms with Gasteiger partial charge >= 0.3 is 0 Å². The average molecular weight is 385 g/mol. The van der Waals surface area contributed by atoms with Crippen molar-refractivity contribution in [2.75, 3.05) is 0 Å². The Hall–Kier alpha value is -1.74. The molecular weight excluding hydrogens is 364 g/mol. The van der Waals surface area contributed by atoms with Crippen LogP contribution in [0.2, 0.25) is 0 Å². The number of Topliss-reactive ketones (excluding diaryl/α,β-unsaturated/α-hetero) is 2. The number of hydrogen-bond acceptors (Lipinski definition) is 2. The molecule has 0 saturated heterocycles. The van der Waals surface area contributed by atoms with Gasteiger partial charge in [-0.05, 0) is 30.5 Å². The van der Waals surface area contributed by atoms with Crippen molar-refractivity contribution in [2.45, 2.75) is 38.0 Å². The van der Waals surface area contributed by atoms with Crippen LogP contribution in [0.1, 0.15) is 53.9 Å². The van der Waals surface area contributed by atoms with Gasteiger partial charge in [0.1, 0.15) is 5.78 Å². The van der Waals surface area contributed by atoms with Gasteiger partial charge in [-0.2, -0.15) is 0 Å². The van der Waals surface area contributed by atoms with Gasteiger partial charge in [0.2, 0.25) is 0 Å². The Bertz CT molecular complexity index is 706. The van der Waals surface area contributed by atoms with Crippen molar-refractivity contribution in [1.82, 2.24) is 0 Å². The fourth-order valence-electron chi connectivity index (χ4n) is 3.58. The lowest BCUT2D eigenvalue weighted by Crippen LogP contribution is -2.27. The van der Waals surface area contributed by atoms with Crippen LogP contribution >= 0.6 is 15.9 Å². The summed E-state index contributed by atoms with van der Waals surface area (Å²) in [4.78, 5) is 25.2. The van der Waals surface area contributed by atoms with E-state index in [1.54, 1.807) is 0 Å². The summed E-state index contributed by atoms with van der Waals surface area (Å²) in [5.41, 5.74) is 1.81. The highest BCUT2D eigenvalue weighted by Gasteiger charge is 2.32. The number of carbonyl (C=O) groups is 2. The van der Waals surface area contributed by atoms with Crippen LogP contribution < -0.4 is 0 Å². The minimum atomic E-state index is -0.0346. The molecule has 2 aromatic rings. The first-order valence-electron chi connectivity index (χ1n) is 8.51. The van der Waals surface area contributed by atoms with E-state index in [4.69, 9.17) is 0 Å². The SMILES string of the molecule is O=C(C[C@@H](c1ccc(Br)cc1)[C@@H]1CCCCC1=O)c1ccccc1. The smallest absolute Gasteiger partial charge is 0.163 e. The van der Waals surface area contributed by atoms with Crippen LogP contribution in [0.25, 0.3) is 0 Å². The summed E-state index contributed by atoms with van der Waals surface area (Å²) in [6.07, 6.45) is 3.99. The van der Waals surface area contributed by atoms with E-state index in [9.17, 15) is 9.59 Å². The van der Waals surface area contributed by atoms with Crippen molar-refractivity contribution >= 4 is 27.5 Å². The summed E-state index contributed by atoms with van der Waals surface area (Å²) in [5, 5.41) is 0. The van der Waals surface area contributed by atoms with Crippen LogP contribution in [-0.2, 0) is 4.79 Å². The molecule has 3 rings (SSSR count). The third-order valence-electron chi connectivity index (χ3n) is 4.89. The molecule has 0 amide bonds. The van der Waals surface area contributed by atoms with Gasteiger partial charge in [-0.1, -0.05) is 64.8 Å². The Balaban J connectivity index is 1.88. The van der Waals surface area contributed by atoms with Crippen molar-refractivity contribution in [3.05, 3.63) is 70.2 Å². The van der Waals surface area contributed by atoms with Gasteiger partial charge in [0.05, 0.1) is 0 Å². The van der Waals surface area contributed by atoms with Gasteiger partial charge in [0, 0.05) is 34.7 Å². The zero-order valence-electron chi connectivity index (χ0n) is 13.6. The first-order chi connectivity index (χ1) is 11.6. The normalized spacial score (nSPS) is 19.0. The standard InChI is InChI=1S/C21H21BrO2/c22-17-12-10-15(11-13-17)19(18-8-4-5-9-20(18)23)14-21(24)16-6-2-1-3-7-16/h1-3,6-7,10-13,18-19H,4-5,8-9,14H2/t18-,19-/m0/s1. The quantitative estimate of drug-likeness (QED) is 0.631. The highest BCUT2D eigenvalue weighted by atomic mass is 79.9. The summed E-state index contributed by atoms with van der Waals surface area (Å²) < 4.78 is 1.01. The van der Waals surface area contributed by atoms with Crippen LogP contribution in [0.5, 0.6) is 0 Å².